The normalized spacial score (nSPS) is 13.3. The number of anilines is 1. The Balaban J connectivity index is 0.000000230. The summed E-state index contributed by atoms with van der Waals surface area (Å²) in [5.74, 6) is 1.14. The molecular weight excluding hydrogens is 427 g/mol. The molecule has 3 aromatic rings. The van der Waals surface area contributed by atoms with E-state index in [0.29, 0.717) is 11.1 Å². The molecule has 0 aliphatic heterocycles. The van der Waals surface area contributed by atoms with Crippen LogP contribution >= 0.6 is 0 Å². The summed E-state index contributed by atoms with van der Waals surface area (Å²) in [7, 11) is 3.99. The molecule has 2 aromatic carbocycles. The highest BCUT2D eigenvalue weighted by atomic mass is 19.1. The minimum Gasteiger partial charge on any atom is -0.362 e. The molecule has 0 unspecified atom stereocenters. The van der Waals surface area contributed by atoms with Crippen molar-refractivity contribution in [1.29, 1.82) is 0 Å². The summed E-state index contributed by atoms with van der Waals surface area (Å²) in [5.41, 5.74) is 2.44. The average molecular weight is 467 g/mol. The Morgan fingerprint density at radius 1 is 0.941 bits per heavy atom. The fraction of sp³-hybridized carbons (Fsp3) is 0.464. The molecule has 0 atom stereocenters. The molecule has 1 aromatic heterocycles. The van der Waals surface area contributed by atoms with E-state index in [-0.39, 0.29) is 23.3 Å². The van der Waals surface area contributed by atoms with Crippen LogP contribution in [0.5, 0.6) is 0 Å². The van der Waals surface area contributed by atoms with E-state index in [1.54, 1.807) is 26.0 Å². The molecule has 6 heteroatoms. The summed E-state index contributed by atoms with van der Waals surface area (Å²) in [4.78, 5) is 23.0. The summed E-state index contributed by atoms with van der Waals surface area (Å²) >= 11 is 0. The molecule has 1 heterocycles. The van der Waals surface area contributed by atoms with Crippen molar-refractivity contribution in [2.75, 3.05) is 19.0 Å². The van der Waals surface area contributed by atoms with Crippen LogP contribution in [0.3, 0.4) is 0 Å². The lowest BCUT2D eigenvalue weighted by molar-refractivity contribution is 0.0922. The van der Waals surface area contributed by atoms with Gasteiger partial charge in [-0.05, 0) is 56.9 Å². The van der Waals surface area contributed by atoms with Gasteiger partial charge in [-0.3, -0.25) is 4.79 Å². The summed E-state index contributed by atoms with van der Waals surface area (Å²) in [6.07, 6.45) is 5.57. The van der Waals surface area contributed by atoms with Gasteiger partial charge in [-0.1, -0.05) is 57.4 Å². The number of hydrogen-bond acceptors (Lipinski definition) is 4. The third-order valence-electron chi connectivity index (χ3n) is 5.83. The van der Waals surface area contributed by atoms with Crippen LogP contribution in [-0.2, 0) is 0 Å². The first-order valence-corrected chi connectivity index (χ1v) is 12.2. The van der Waals surface area contributed by atoms with Crippen molar-refractivity contribution in [3.05, 3.63) is 64.7 Å². The second kappa shape index (κ2) is 13.0. The highest BCUT2D eigenvalue weighted by molar-refractivity contribution is 5.96. The van der Waals surface area contributed by atoms with Crippen molar-refractivity contribution < 1.29 is 9.18 Å². The van der Waals surface area contributed by atoms with Crippen LogP contribution in [0.2, 0.25) is 0 Å². The first kappa shape index (κ1) is 27.2. The first-order valence-electron chi connectivity index (χ1n) is 12.2. The van der Waals surface area contributed by atoms with Gasteiger partial charge >= 0.3 is 0 Å². The third kappa shape index (κ3) is 6.99. The van der Waals surface area contributed by atoms with E-state index >= 15 is 0 Å². The van der Waals surface area contributed by atoms with E-state index in [2.05, 4.69) is 15.3 Å². The number of aromatic nitrogens is 2. The number of hydrogen-bond donors (Lipinski definition) is 1. The van der Waals surface area contributed by atoms with Gasteiger partial charge in [-0.15, -0.1) is 0 Å². The van der Waals surface area contributed by atoms with Crippen LogP contribution in [0.4, 0.5) is 10.2 Å². The van der Waals surface area contributed by atoms with Crippen molar-refractivity contribution >= 4 is 22.6 Å². The molecule has 0 radical (unpaired) electrons. The first-order chi connectivity index (χ1) is 16.3. The Morgan fingerprint density at radius 3 is 2.21 bits per heavy atom. The van der Waals surface area contributed by atoms with Gasteiger partial charge in [0.15, 0.2) is 0 Å². The van der Waals surface area contributed by atoms with Crippen molar-refractivity contribution in [2.24, 2.45) is 0 Å². The minimum atomic E-state index is -0.386. The van der Waals surface area contributed by atoms with Crippen LogP contribution in [0.1, 0.15) is 73.3 Å². The van der Waals surface area contributed by atoms with Gasteiger partial charge in [0.05, 0.1) is 11.1 Å². The van der Waals surface area contributed by atoms with Crippen LogP contribution in [0.15, 0.2) is 36.4 Å². The minimum absolute atomic E-state index is 0.209. The zero-order valence-corrected chi connectivity index (χ0v) is 21.7. The number of carbonyl (C=O) groups excluding carboxylic acids is 1. The molecule has 0 spiro atoms. The maximum Gasteiger partial charge on any atom is 0.254 e. The summed E-state index contributed by atoms with van der Waals surface area (Å²) in [5, 5.41) is 4.07. The molecule has 1 aliphatic rings. The number of rotatable bonds is 3. The Bertz CT molecular complexity index is 1090. The van der Waals surface area contributed by atoms with E-state index < -0.39 is 0 Å². The highest BCUT2D eigenvalue weighted by Crippen LogP contribution is 2.22. The Kier molecular flexibility index (Phi) is 10.4. The number of aryl methyl sites for hydroxylation is 3. The number of nitrogens with zero attached hydrogens (tertiary/aromatic N) is 3. The summed E-state index contributed by atoms with van der Waals surface area (Å²) < 4.78 is 14.0. The van der Waals surface area contributed by atoms with Crippen molar-refractivity contribution in [3.8, 4) is 0 Å². The quantitative estimate of drug-likeness (QED) is 0.476. The van der Waals surface area contributed by atoms with Gasteiger partial charge in [0, 0.05) is 25.5 Å². The van der Waals surface area contributed by atoms with E-state index in [1.165, 1.54) is 6.42 Å². The van der Waals surface area contributed by atoms with E-state index in [0.717, 1.165) is 48.2 Å². The molecule has 184 valence electrons. The lowest BCUT2D eigenvalue weighted by Crippen LogP contribution is -2.37. The molecule has 0 bridgehead atoms. The topological polar surface area (TPSA) is 58.1 Å². The number of benzene rings is 2. The van der Waals surface area contributed by atoms with Gasteiger partial charge in [0.25, 0.3) is 5.91 Å². The largest absolute Gasteiger partial charge is 0.362 e. The smallest absolute Gasteiger partial charge is 0.254 e. The van der Waals surface area contributed by atoms with Gasteiger partial charge in [-0.25, -0.2) is 14.4 Å². The molecule has 4 rings (SSSR count). The van der Waals surface area contributed by atoms with Crippen LogP contribution < -0.4 is 10.2 Å². The lowest BCUT2D eigenvalue weighted by Gasteiger charge is -2.23. The maximum absolute atomic E-state index is 14.0. The van der Waals surface area contributed by atoms with Crippen LogP contribution in [-0.4, -0.2) is 36.0 Å². The zero-order valence-electron chi connectivity index (χ0n) is 21.7. The Hall–Kier alpha value is -3.02. The third-order valence-corrected chi connectivity index (χ3v) is 5.83. The molecule has 1 saturated carbocycles. The zero-order chi connectivity index (χ0) is 25.3. The Labute approximate surface area is 203 Å². The van der Waals surface area contributed by atoms with Gasteiger partial charge < -0.3 is 10.2 Å². The van der Waals surface area contributed by atoms with Crippen molar-refractivity contribution in [1.82, 2.24) is 15.3 Å². The number of para-hydroxylation sites is 1. The monoisotopic (exact) mass is 466 g/mol. The van der Waals surface area contributed by atoms with Crippen molar-refractivity contribution in [3.63, 3.8) is 0 Å². The fourth-order valence-corrected chi connectivity index (χ4v) is 4.07. The Morgan fingerprint density at radius 2 is 1.56 bits per heavy atom. The highest BCUT2D eigenvalue weighted by Gasteiger charge is 2.21. The van der Waals surface area contributed by atoms with Crippen molar-refractivity contribution in [2.45, 2.75) is 72.8 Å². The van der Waals surface area contributed by atoms with E-state index in [9.17, 15) is 9.18 Å². The number of halogens is 1. The molecule has 1 N–H and O–H groups in total. The summed E-state index contributed by atoms with van der Waals surface area (Å²) in [6.45, 7) is 9.38. The van der Waals surface area contributed by atoms with E-state index in [4.69, 9.17) is 0 Å². The molecule has 34 heavy (non-hydrogen) atoms. The molecule has 1 aliphatic carbocycles. The van der Waals surface area contributed by atoms with Gasteiger partial charge in [-0.2, -0.15) is 0 Å². The molecule has 0 saturated heterocycles. The second-order valence-corrected chi connectivity index (χ2v) is 8.70. The predicted molar refractivity (Wildman–Crippen MR) is 140 cm³/mol. The van der Waals surface area contributed by atoms with Crippen LogP contribution in [0.25, 0.3) is 10.9 Å². The SMILES string of the molecule is CC.Cc1ccc(C)c(C(=O)NC2CCCCC2)c1F.Cc1nc(N(C)C)c2ccccc2n1. The number of amides is 1. The number of fused-ring (bicyclic) bond motifs is 1. The van der Waals surface area contributed by atoms with Gasteiger partial charge in [0.1, 0.15) is 17.5 Å². The van der Waals surface area contributed by atoms with Gasteiger partial charge in [0.2, 0.25) is 0 Å². The molecule has 5 nitrogen and oxygen atoms in total. The molecule has 1 amide bonds. The maximum atomic E-state index is 14.0. The molecule has 1 fully saturated rings. The number of carbonyl (C=O) groups is 1. The standard InChI is InChI=1S/C15H20FNO.C11H13N3.C2H6/c1-10-8-9-11(2)14(16)13(10)15(18)17-12-6-4-3-5-7-12;1-8-12-10-7-5-4-6-9(10)11(13-8)14(2)3;1-2/h8-9,12H,3-7H2,1-2H3,(H,17,18);4-7H,1-3H3;1-2H3. The molecular formula is C28H39FN4O. The summed E-state index contributed by atoms with van der Waals surface area (Å²) in [6, 6.07) is 11.8. The lowest BCUT2D eigenvalue weighted by atomic mass is 9.95. The predicted octanol–water partition coefficient (Wildman–Crippen LogP) is 6.54. The fourth-order valence-electron chi connectivity index (χ4n) is 4.07. The second-order valence-electron chi connectivity index (χ2n) is 8.70. The van der Waals surface area contributed by atoms with Crippen LogP contribution in [0, 0.1) is 26.6 Å². The van der Waals surface area contributed by atoms with E-state index in [1.807, 2.05) is 64.0 Å². The number of nitrogens with one attached hydrogen (secondary N) is 1. The average Bonchev–Trinajstić information content (AvgIpc) is 2.83.